The smallest absolute Gasteiger partial charge is 0.222 e. The molecule has 1 aliphatic carbocycles. The van der Waals surface area contributed by atoms with Crippen LogP contribution in [0.2, 0.25) is 0 Å². The Bertz CT molecular complexity index is 212. The largest absolute Gasteiger partial charge is 0.339 e. The van der Waals surface area contributed by atoms with Crippen molar-refractivity contribution in [3.8, 4) is 0 Å². The third-order valence-electron chi connectivity index (χ3n) is 2.96. The zero-order valence-corrected chi connectivity index (χ0v) is 10.7. The molecule has 0 bridgehead atoms. The summed E-state index contributed by atoms with van der Waals surface area (Å²) in [4.78, 5) is 14.1. The Balaban J connectivity index is 2.24. The van der Waals surface area contributed by atoms with Crippen LogP contribution in [0, 0.1) is 5.92 Å². The monoisotopic (exact) mass is 226 g/mol. The minimum absolute atomic E-state index is 0.355. The molecule has 94 valence electrons. The Morgan fingerprint density at radius 3 is 2.50 bits per heavy atom. The Labute approximate surface area is 99.4 Å². The van der Waals surface area contributed by atoms with Gasteiger partial charge in [0, 0.05) is 19.0 Å². The SMILES string of the molecule is CC(C)CN(C(=O)CCCCCN)C1CC1. The Morgan fingerprint density at radius 2 is 2.00 bits per heavy atom. The predicted molar refractivity (Wildman–Crippen MR) is 67.1 cm³/mol. The van der Waals surface area contributed by atoms with Gasteiger partial charge in [-0.3, -0.25) is 4.79 Å². The molecule has 1 saturated carbocycles. The second kappa shape index (κ2) is 6.89. The summed E-state index contributed by atoms with van der Waals surface area (Å²) in [5.74, 6) is 0.932. The molecule has 1 fully saturated rings. The molecule has 3 nitrogen and oxygen atoms in total. The van der Waals surface area contributed by atoms with Crippen LogP contribution in [0.25, 0.3) is 0 Å². The molecule has 0 aromatic heterocycles. The molecule has 0 atom stereocenters. The second-order valence-electron chi connectivity index (χ2n) is 5.27. The molecule has 1 aliphatic rings. The third-order valence-corrected chi connectivity index (χ3v) is 2.96. The Morgan fingerprint density at radius 1 is 1.31 bits per heavy atom. The summed E-state index contributed by atoms with van der Waals surface area (Å²) in [6.45, 7) is 6.03. The van der Waals surface area contributed by atoms with Gasteiger partial charge in [0.25, 0.3) is 0 Å². The predicted octanol–water partition coefficient (Wildman–Crippen LogP) is 2.15. The minimum atomic E-state index is 0.355. The van der Waals surface area contributed by atoms with Gasteiger partial charge in [-0.25, -0.2) is 0 Å². The summed E-state index contributed by atoms with van der Waals surface area (Å²) in [7, 11) is 0. The van der Waals surface area contributed by atoms with Crippen LogP contribution in [-0.4, -0.2) is 29.9 Å². The van der Waals surface area contributed by atoms with Crippen molar-refractivity contribution in [2.24, 2.45) is 11.7 Å². The molecule has 1 amide bonds. The first kappa shape index (κ1) is 13.5. The lowest BCUT2D eigenvalue weighted by Gasteiger charge is -2.24. The standard InChI is InChI=1S/C13H26N2O/c1-11(2)10-15(12-7-8-12)13(16)6-4-3-5-9-14/h11-12H,3-10,14H2,1-2H3. The van der Waals surface area contributed by atoms with Gasteiger partial charge >= 0.3 is 0 Å². The molecular weight excluding hydrogens is 200 g/mol. The van der Waals surface area contributed by atoms with E-state index >= 15 is 0 Å². The number of unbranched alkanes of at least 4 members (excludes halogenated alkanes) is 2. The van der Waals surface area contributed by atoms with Crippen molar-refractivity contribution in [1.82, 2.24) is 4.90 Å². The summed E-state index contributed by atoms with van der Waals surface area (Å²) in [6, 6.07) is 0.560. The van der Waals surface area contributed by atoms with E-state index in [2.05, 4.69) is 18.7 Å². The first-order valence-corrected chi connectivity index (χ1v) is 6.64. The number of rotatable bonds is 8. The molecular formula is C13H26N2O. The van der Waals surface area contributed by atoms with E-state index in [4.69, 9.17) is 5.73 Å². The van der Waals surface area contributed by atoms with Crippen molar-refractivity contribution >= 4 is 5.91 Å². The minimum Gasteiger partial charge on any atom is -0.339 e. The lowest BCUT2D eigenvalue weighted by molar-refractivity contribution is -0.132. The van der Waals surface area contributed by atoms with Crippen molar-refractivity contribution in [2.45, 2.75) is 58.4 Å². The number of carbonyl (C=O) groups excluding carboxylic acids is 1. The number of nitrogens with zero attached hydrogens (tertiary/aromatic N) is 1. The van der Waals surface area contributed by atoms with E-state index in [-0.39, 0.29) is 0 Å². The maximum Gasteiger partial charge on any atom is 0.222 e. The van der Waals surface area contributed by atoms with Gasteiger partial charge in [0.05, 0.1) is 0 Å². The van der Waals surface area contributed by atoms with E-state index < -0.39 is 0 Å². The summed E-state index contributed by atoms with van der Waals surface area (Å²) in [5.41, 5.74) is 5.43. The number of hydrogen-bond acceptors (Lipinski definition) is 2. The highest BCUT2D eigenvalue weighted by atomic mass is 16.2. The van der Waals surface area contributed by atoms with Crippen LogP contribution in [-0.2, 0) is 4.79 Å². The summed E-state index contributed by atoms with van der Waals surface area (Å²) < 4.78 is 0. The zero-order valence-electron chi connectivity index (χ0n) is 10.7. The van der Waals surface area contributed by atoms with Crippen LogP contribution in [0.4, 0.5) is 0 Å². The van der Waals surface area contributed by atoms with Crippen LogP contribution in [0.5, 0.6) is 0 Å². The van der Waals surface area contributed by atoms with E-state index in [0.717, 1.165) is 32.4 Å². The number of amides is 1. The average Bonchev–Trinajstić information content (AvgIpc) is 3.04. The Kier molecular flexibility index (Phi) is 5.81. The van der Waals surface area contributed by atoms with E-state index in [1.54, 1.807) is 0 Å². The molecule has 0 saturated heterocycles. The summed E-state index contributed by atoms with van der Waals surface area (Å²) in [5, 5.41) is 0. The molecule has 16 heavy (non-hydrogen) atoms. The second-order valence-corrected chi connectivity index (χ2v) is 5.27. The van der Waals surface area contributed by atoms with Crippen LogP contribution >= 0.6 is 0 Å². The lowest BCUT2D eigenvalue weighted by atomic mass is 10.1. The molecule has 0 unspecified atom stereocenters. The Hall–Kier alpha value is -0.570. The molecule has 1 rings (SSSR count). The summed E-state index contributed by atoms with van der Waals surface area (Å²) >= 11 is 0. The normalized spacial score (nSPS) is 15.5. The fraction of sp³-hybridized carbons (Fsp3) is 0.923. The van der Waals surface area contributed by atoms with E-state index in [0.29, 0.717) is 24.3 Å². The maximum atomic E-state index is 12.0. The van der Waals surface area contributed by atoms with Crippen molar-refractivity contribution < 1.29 is 4.79 Å². The molecule has 0 aromatic carbocycles. The topological polar surface area (TPSA) is 46.3 Å². The highest BCUT2D eigenvalue weighted by Crippen LogP contribution is 2.28. The number of nitrogens with two attached hydrogens (primary N) is 1. The molecule has 0 aliphatic heterocycles. The quantitative estimate of drug-likeness (QED) is 0.645. The summed E-state index contributed by atoms with van der Waals surface area (Å²) in [6.07, 6.45) is 6.26. The highest BCUT2D eigenvalue weighted by Gasteiger charge is 2.32. The first-order chi connectivity index (χ1) is 7.65. The molecule has 0 spiro atoms. The van der Waals surface area contributed by atoms with Gasteiger partial charge in [0.1, 0.15) is 0 Å². The van der Waals surface area contributed by atoms with Gasteiger partial charge in [-0.15, -0.1) is 0 Å². The fourth-order valence-corrected chi connectivity index (χ4v) is 1.98. The molecule has 0 heterocycles. The highest BCUT2D eigenvalue weighted by molar-refractivity contribution is 5.76. The van der Waals surface area contributed by atoms with Gasteiger partial charge in [0.15, 0.2) is 0 Å². The third kappa shape index (κ3) is 4.97. The lowest BCUT2D eigenvalue weighted by Crippen LogP contribution is -2.35. The van der Waals surface area contributed by atoms with Crippen molar-refractivity contribution in [2.75, 3.05) is 13.1 Å². The van der Waals surface area contributed by atoms with E-state index in [9.17, 15) is 4.79 Å². The van der Waals surface area contributed by atoms with Crippen molar-refractivity contribution in [3.63, 3.8) is 0 Å². The fourth-order valence-electron chi connectivity index (χ4n) is 1.98. The maximum absolute atomic E-state index is 12.0. The molecule has 3 heteroatoms. The average molecular weight is 226 g/mol. The first-order valence-electron chi connectivity index (χ1n) is 6.64. The zero-order chi connectivity index (χ0) is 12.0. The van der Waals surface area contributed by atoms with E-state index in [1.165, 1.54) is 12.8 Å². The van der Waals surface area contributed by atoms with Gasteiger partial charge in [-0.2, -0.15) is 0 Å². The van der Waals surface area contributed by atoms with Gasteiger partial charge < -0.3 is 10.6 Å². The van der Waals surface area contributed by atoms with Gasteiger partial charge in [-0.05, 0) is 38.1 Å². The van der Waals surface area contributed by atoms with Crippen LogP contribution in [0.15, 0.2) is 0 Å². The van der Waals surface area contributed by atoms with Crippen molar-refractivity contribution in [1.29, 1.82) is 0 Å². The van der Waals surface area contributed by atoms with Gasteiger partial charge in [-0.1, -0.05) is 20.3 Å². The molecule has 2 N–H and O–H groups in total. The van der Waals surface area contributed by atoms with Crippen LogP contribution in [0.1, 0.15) is 52.4 Å². The number of carbonyl (C=O) groups is 1. The molecule has 0 aromatic rings. The van der Waals surface area contributed by atoms with Crippen molar-refractivity contribution in [3.05, 3.63) is 0 Å². The van der Waals surface area contributed by atoms with Crippen LogP contribution in [0.3, 0.4) is 0 Å². The number of hydrogen-bond donors (Lipinski definition) is 1. The van der Waals surface area contributed by atoms with E-state index in [1.807, 2.05) is 0 Å². The van der Waals surface area contributed by atoms with Crippen LogP contribution < -0.4 is 5.73 Å². The van der Waals surface area contributed by atoms with Gasteiger partial charge in [0.2, 0.25) is 5.91 Å². The molecule has 0 radical (unpaired) electrons.